The van der Waals surface area contributed by atoms with Crippen molar-refractivity contribution >= 4 is 29.9 Å². The van der Waals surface area contributed by atoms with Crippen LogP contribution >= 0.6 is 24.0 Å². The summed E-state index contributed by atoms with van der Waals surface area (Å²) in [6.07, 6.45) is 3.62. The van der Waals surface area contributed by atoms with Crippen molar-refractivity contribution < 1.29 is 0 Å². The summed E-state index contributed by atoms with van der Waals surface area (Å²) >= 11 is 0. The maximum absolute atomic E-state index is 6.02. The molecule has 2 fully saturated rings. The normalized spacial score (nSPS) is 19.5. The lowest BCUT2D eigenvalue weighted by Gasteiger charge is -2.34. The van der Waals surface area contributed by atoms with Gasteiger partial charge < -0.3 is 15.5 Å². The fraction of sp³-hybridized carbons (Fsp3) is 0.632. The first-order chi connectivity index (χ1) is 11.7. The van der Waals surface area contributed by atoms with Crippen LogP contribution in [-0.4, -0.2) is 73.0 Å². The summed E-state index contributed by atoms with van der Waals surface area (Å²) in [7, 11) is 2.06. The third-order valence-electron chi connectivity index (χ3n) is 5.08. The highest BCUT2D eigenvalue weighted by Crippen LogP contribution is 2.24. The lowest BCUT2D eigenvalue weighted by molar-refractivity contribution is 0.127. The number of piperazine rings is 1. The van der Waals surface area contributed by atoms with Crippen LogP contribution in [0, 0.1) is 0 Å². The van der Waals surface area contributed by atoms with Crippen LogP contribution in [0.2, 0.25) is 0 Å². The quantitative estimate of drug-likeness (QED) is 0.295. The molecule has 0 radical (unpaired) electrons. The van der Waals surface area contributed by atoms with E-state index in [0.717, 1.165) is 52.2 Å². The Balaban J connectivity index is 0.00000225. The maximum Gasteiger partial charge on any atom is 0.191 e. The zero-order valence-corrected chi connectivity index (χ0v) is 17.6. The van der Waals surface area contributed by atoms with Crippen LogP contribution in [0.4, 0.5) is 0 Å². The molecule has 6 heteroatoms. The van der Waals surface area contributed by atoms with E-state index in [1.165, 1.54) is 18.4 Å². The number of rotatable bonds is 7. The SMILES string of the molecule is CN(C(N)=NCCCN1CCN(Cc2ccccc2)CC1)C1CC1.I. The Labute approximate surface area is 169 Å². The molecular weight excluding hydrogens is 425 g/mol. The van der Waals surface area contributed by atoms with Crippen molar-refractivity contribution in [1.29, 1.82) is 0 Å². The summed E-state index contributed by atoms with van der Waals surface area (Å²) in [6.45, 7) is 7.68. The van der Waals surface area contributed by atoms with Crippen LogP contribution in [0.15, 0.2) is 35.3 Å². The van der Waals surface area contributed by atoms with Crippen LogP contribution in [-0.2, 0) is 6.54 Å². The van der Waals surface area contributed by atoms with E-state index < -0.39 is 0 Å². The lowest BCUT2D eigenvalue weighted by Crippen LogP contribution is -2.46. The lowest BCUT2D eigenvalue weighted by atomic mass is 10.2. The van der Waals surface area contributed by atoms with Gasteiger partial charge in [0.25, 0.3) is 0 Å². The predicted molar refractivity (Wildman–Crippen MR) is 115 cm³/mol. The van der Waals surface area contributed by atoms with Gasteiger partial charge in [0.1, 0.15) is 0 Å². The monoisotopic (exact) mass is 457 g/mol. The van der Waals surface area contributed by atoms with Crippen LogP contribution in [0.1, 0.15) is 24.8 Å². The van der Waals surface area contributed by atoms with Gasteiger partial charge in [-0.2, -0.15) is 0 Å². The fourth-order valence-electron chi connectivity index (χ4n) is 3.26. The largest absolute Gasteiger partial charge is 0.370 e. The smallest absolute Gasteiger partial charge is 0.191 e. The molecular formula is C19H32IN5. The van der Waals surface area contributed by atoms with E-state index in [-0.39, 0.29) is 24.0 Å². The van der Waals surface area contributed by atoms with Gasteiger partial charge >= 0.3 is 0 Å². The molecule has 0 atom stereocenters. The minimum atomic E-state index is 0. The molecule has 140 valence electrons. The van der Waals surface area contributed by atoms with Crippen molar-refractivity contribution in [2.45, 2.75) is 31.8 Å². The molecule has 5 nitrogen and oxygen atoms in total. The van der Waals surface area contributed by atoms with E-state index in [0.29, 0.717) is 12.0 Å². The van der Waals surface area contributed by atoms with E-state index in [1.807, 2.05) is 0 Å². The van der Waals surface area contributed by atoms with E-state index in [2.05, 4.69) is 57.1 Å². The van der Waals surface area contributed by atoms with Crippen LogP contribution in [0.3, 0.4) is 0 Å². The molecule has 1 saturated carbocycles. The van der Waals surface area contributed by atoms with Crippen LogP contribution in [0.25, 0.3) is 0 Å². The van der Waals surface area contributed by atoms with Gasteiger partial charge in [-0.25, -0.2) is 0 Å². The topological polar surface area (TPSA) is 48.1 Å². The maximum atomic E-state index is 6.02. The highest BCUT2D eigenvalue weighted by Gasteiger charge is 2.27. The molecule has 2 N–H and O–H groups in total. The molecule has 3 rings (SSSR count). The standard InChI is InChI=1S/C19H31N5.HI/c1-22(18-8-9-18)19(20)21-10-5-11-23-12-14-24(15-13-23)16-17-6-3-2-4-7-17;/h2-4,6-7,18H,5,8-16H2,1H3,(H2,20,21);1H. The van der Waals surface area contributed by atoms with Crippen molar-refractivity contribution in [3.63, 3.8) is 0 Å². The first-order valence-electron chi connectivity index (χ1n) is 9.24. The van der Waals surface area contributed by atoms with E-state index >= 15 is 0 Å². The van der Waals surface area contributed by atoms with E-state index in [1.54, 1.807) is 0 Å². The molecule has 0 bridgehead atoms. The second-order valence-corrected chi connectivity index (χ2v) is 7.04. The van der Waals surface area contributed by atoms with Crippen molar-refractivity contribution in [3.05, 3.63) is 35.9 Å². The van der Waals surface area contributed by atoms with Crippen molar-refractivity contribution in [3.8, 4) is 0 Å². The highest BCUT2D eigenvalue weighted by molar-refractivity contribution is 14.0. The molecule has 0 spiro atoms. The molecule has 1 aromatic carbocycles. The molecule has 1 aliphatic carbocycles. The van der Waals surface area contributed by atoms with Gasteiger partial charge in [0.15, 0.2) is 5.96 Å². The molecule has 1 aliphatic heterocycles. The molecule has 0 amide bonds. The number of halogens is 1. The average Bonchev–Trinajstić information content (AvgIpc) is 3.45. The Hall–Kier alpha value is -0.860. The summed E-state index contributed by atoms with van der Waals surface area (Å²) in [5.74, 6) is 0.713. The molecule has 2 aliphatic rings. The van der Waals surface area contributed by atoms with Gasteiger partial charge in [-0.3, -0.25) is 9.89 Å². The summed E-state index contributed by atoms with van der Waals surface area (Å²) in [5, 5.41) is 0. The summed E-state index contributed by atoms with van der Waals surface area (Å²) in [6, 6.07) is 11.4. The number of nitrogens with zero attached hydrogens (tertiary/aromatic N) is 4. The molecule has 1 heterocycles. The van der Waals surface area contributed by atoms with Crippen molar-refractivity contribution in [2.75, 3.05) is 46.3 Å². The summed E-state index contributed by atoms with van der Waals surface area (Å²) in [5.41, 5.74) is 7.44. The van der Waals surface area contributed by atoms with Gasteiger partial charge in [-0.1, -0.05) is 30.3 Å². The first kappa shape index (κ1) is 20.5. The van der Waals surface area contributed by atoms with Gasteiger partial charge in [0.05, 0.1) is 0 Å². The Morgan fingerprint density at radius 3 is 2.40 bits per heavy atom. The Kier molecular flexibility index (Phi) is 8.45. The Morgan fingerprint density at radius 1 is 1.12 bits per heavy atom. The third-order valence-corrected chi connectivity index (χ3v) is 5.08. The number of aliphatic imine (C=N–C) groups is 1. The van der Waals surface area contributed by atoms with Gasteiger partial charge in [0, 0.05) is 58.9 Å². The third kappa shape index (κ3) is 6.75. The first-order valence-corrected chi connectivity index (χ1v) is 9.24. The second kappa shape index (κ2) is 10.3. The second-order valence-electron chi connectivity index (χ2n) is 7.04. The van der Waals surface area contributed by atoms with Crippen LogP contribution in [0.5, 0.6) is 0 Å². The zero-order chi connectivity index (χ0) is 16.8. The molecule has 25 heavy (non-hydrogen) atoms. The van der Waals surface area contributed by atoms with Gasteiger partial charge in [-0.05, 0) is 24.8 Å². The Bertz CT molecular complexity index is 524. The van der Waals surface area contributed by atoms with Crippen molar-refractivity contribution in [2.24, 2.45) is 10.7 Å². The van der Waals surface area contributed by atoms with E-state index in [9.17, 15) is 0 Å². The van der Waals surface area contributed by atoms with Gasteiger partial charge in [0.2, 0.25) is 0 Å². The number of benzene rings is 1. The summed E-state index contributed by atoms with van der Waals surface area (Å²) < 4.78 is 0. The van der Waals surface area contributed by atoms with Gasteiger partial charge in [-0.15, -0.1) is 24.0 Å². The van der Waals surface area contributed by atoms with Crippen molar-refractivity contribution in [1.82, 2.24) is 14.7 Å². The highest BCUT2D eigenvalue weighted by atomic mass is 127. The number of nitrogens with two attached hydrogens (primary N) is 1. The summed E-state index contributed by atoms with van der Waals surface area (Å²) in [4.78, 5) is 11.8. The predicted octanol–water partition coefficient (Wildman–Crippen LogP) is 2.22. The van der Waals surface area contributed by atoms with E-state index in [4.69, 9.17) is 5.73 Å². The molecule has 1 aromatic rings. The number of hydrogen-bond donors (Lipinski definition) is 1. The van der Waals surface area contributed by atoms with Crippen LogP contribution < -0.4 is 5.73 Å². The zero-order valence-electron chi connectivity index (χ0n) is 15.3. The number of hydrogen-bond acceptors (Lipinski definition) is 3. The minimum Gasteiger partial charge on any atom is -0.370 e. The molecule has 0 unspecified atom stereocenters. The number of guanidine groups is 1. The fourth-order valence-corrected chi connectivity index (χ4v) is 3.26. The Morgan fingerprint density at radius 2 is 1.76 bits per heavy atom. The minimum absolute atomic E-state index is 0. The molecule has 1 saturated heterocycles. The molecule has 0 aromatic heterocycles. The average molecular weight is 457 g/mol.